The van der Waals surface area contributed by atoms with Crippen LogP contribution in [0.15, 0.2) is 24.3 Å². The first-order valence-electron chi connectivity index (χ1n) is 4.25. The summed E-state index contributed by atoms with van der Waals surface area (Å²) in [4.78, 5) is 11.0. The van der Waals surface area contributed by atoms with Gasteiger partial charge in [0.25, 0.3) is 0 Å². The predicted octanol–water partition coefficient (Wildman–Crippen LogP) is 0.435. The Labute approximate surface area is 82.3 Å². The first-order valence-corrected chi connectivity index (χ1v) is 4.25. The van der Waals surface area contributed by atoms with Gasteiger partial charge in [-0.05, 0) is 24.1 Å². The predicted molar refractivity (Wildman–Crippen MR) is 51.8 cm³/mol. The Bertz CT molecular complexity index is 308. The minimum atomic E-state index is -0.649. The molecule has 0 radical (unpaired) electrons. The van der Waals surface area contributed by atoms with E-state index in [1.807, 2.05) is 0 Å². The van der Waals surface area contributed by atoms with Gasteiger partial charge in [0, 0.05) is 0 Å². The molecule has 0 fully saturated rings. The lowest BCUT2D eigenvalue weighted by molar-refractivity contribution is -0.142. The summed E-state index contributed by atoms with van der Waals surface area (Å²) < 4.78 is 4.49. The number of hydrogen-bond donors (Lipinski definition) is 2. The van der Waals surface area contributed by atoms with E-state index in [1.165, 1.54) is 7.11 Å². The van der Waals surface area contributed by atoms with Crippen molar-refractivity contribution in [3.05, 3.63) is 29.8 Å². The summed E-state index contributed by atoms with van der Waals surface area (Å²) in [5, 5.41) is 9.02. The monoisotopic (exact) mass is 195 g/mol. The SMILES string of the molecule is COC(=O)[C@H](N)Cc1ccc(O)cc1. The maximum Gasteiger partial charge on any atom is 0.322 e. The van der Waals surface area contributed by atoms with Gasteiger partial charge in [0.1, 0.15) is 11.8 Å². The standard InChI is InChI=1S/C10H13NO3/c1-14-10(13)9(11)6-7-2-4-8(12)5-3-7/h2-5,9,12H,6,11H2,1H3/t9-/m1/s1. The zero-order valence-corrected chi connectivity index (χ0v) is 7.93. The largest absolute Gasteiger partial charge is 0.508 e. The topological polar surface area (TPSA) is 72.5 Å². The van der Waals surface area contributed by atoms with Gasteiger partial charge in [-0.15, -0.1) is 0 Å². The molecule has 0 heterocycles. The van der Waals surface area contributed by atoms with Crippen LogP contribution in [0.1, 0.15) is 5.56 Å². The number of carbonyl (C=O) groups excluding carboxylic acids is 1. The van der Waals surface area contributed by atoms with Crippen LogP contribution < -0.4 is 5.73 Å². The number of esters is 1. The number of methoxy groups -OCH3 is 1. The molecule has 0 aromatic heterocycles. The molecule has 3 N–H and O–H groups in total. The van der Waals surface area contributed by atoms with Crippen molar-refractivity contribution >= 4 is 5.97 Å². The van der Waals surface area contributed by atoms with Crippen LogP contribution in [0.4, 0.5) is 0 Å². The summed E-state index contributed by atoms with van der Waals surface area (Å²) in [5.74, 6) is -0.238. The smallest absolute Gasteiger partial charge is 0.322 e. The van der Waals surface area contributed by atoms with Crippen molar-refractivity contribution in [2.75, 3.05) is 7.11 Å². The van der Waals surface area contributed by atoms with E-state index < -0.39 is 12.0 Å². The Balaban J connectivity index is 2.60. The molecule has 0 aliphatic heterocycles. The summed E-state index contributed by atoms with van der Waals surface area (Å²) in [5.41, 5.74) is 6.45. The zero-order chi connectivity index (χ0) is 10.6. The third-order valence-corrected chi connectivity index (χ3v) is 1.90. The van der Waals surface area contributed by atoms with Crippen LogP contribution in [-0.2, 0) is 16.0 Å². The van der Waals surface area contributed by atoms with E-state index >= 15 is 0 Å². The van der Waals surface area contributed by atoms with Gasteiger partial charge in [0.05, 0.1) is 7.11 Å². The first-order chi connectivity index (χ1) is 6.63. The number of aromatic hydroxyl groups is 1. The van der Waals surface area contributed by atoms with E-state index in [9.17, 15) is 4.79 Å². The van der Waals surface area contributed by atoms with Crippen LogP contribution in [0.25, 0.3) is 0 Å². The third kappa shape index (κ3) is 2.74. The second kappa shape index (κ2) is 4.62. The highest BCUT2D eigenvalue weighted by molar-refractivity contribution is 5.75. The second-order valence-corrected chi connectivity index (χ2v) is 3.00. The highest BCUT2D eigenvalue weighted by Gasteiger charge is 2.13. The highest BCUT2D eigenvalue weighted by atomic mass is 16.5. The van der Waals surface area contributed by atoms with Crippen molar-refractivity contribution in [3.63, 3.8) is 0 Å². The minimum absolute atomic E-state index is 0.195. The molecular weight excluding hydrogens is 182 g/mol. The molecule has 0 spiro atoms. The van der Waals surface area contributed by atoms with Crippen LogP contribution in [0.3, 0.4) is 0 Å². The summed E-state index contributed by atoms with van der Waals surface area (Å²) >= 11 is 0. The molecule has 76 valence electrons. The maximum absolute atomic E-state index is 11.0. The fraction of sp³-hybridized carbons (Fsp3) is 0.300. The zero-order valence-electron chi connectivity index (χ0n) is 7.93. The number of nitrogens with two attached hydrogens (primary N) is 1. The van der Waals surface area contributed by atoms with Crippen LogP contribution in [0.5, 0.6) is 5.75 Å². The van der Waals surface area contributed by atoms with Gasteiger partial charge in [-0.3, -0.25) is 4.79 Å². The van der Waals surface area contributed by atoms with E-state index in [0.29, 0.717) is 6.42 Å². The number of phenols is 1. The molecule has 1 atom stereocenters. The molecule has 0 aliphatic rings. The van der Waals surface area contributed by atoms with Gasteiger partial charge in [0.15, 0.2) is 0 Å². The molecule has 0 aliphatic carbocycles. The van der Waals surface area contributed by atoms with Crippen LogP contribution in [0.2, 0.25) is 0 Å². The van der Waals surface area contributed by atoms with Crippen molar-refractivity contribution in [1.29, 1.82) is 0 Å². The lowest BCUT2D eigenvalue weighted by Gasteiger charge is -2.08. The van der Waals surface area contributed by atoms with E-state index in [1.54, 1.807) is 24.3 Å². The van der Waals surface area contributed by atoms with Crippen molar-refractivity contribution < 1.29 is 14.6 Å². The Morgan fingerprint density at radius 3 is 2.57 bits per heavy atom. The Hall–Kier alpha value is -1.55. The number of ether oxygens (including phenoxy) is 1. The minimum Gasteiger partial charge on any atom is -0.508 e. The summed E-state index contributed by atoms with van der Waals surface area (Å²) in [6, 6.07) is 5.90. The first kappa shape index (κ1) is 10.5. The molecule has 0 bridgehead atoms. The van der Waals surface area contributed by atoms with Crippen LogP contribution in [0, 0.1) is 0 Å². The highest BCUT2D eigenvalue weighted by Crippen LogP contribution is 2.10. The molecular formula is C10H13NO3. The third-order valence-electron chi connectivity index (χ3n) is 1.90. The molecule has 0 amide bonds. The number of phenolic OH excluding ortho intramolecular Hbond substituents is 1. The molecule has 1 aromatic rings. The van der Waals surface area contributed by atoms with Gasteiger partial charge >= 0.3 is 5.97 Å². The average Bonchev–Trinajstić information content (AvgIpc) is 2.20. The van der Waals surface area contributed by atoms with Crippen molar-refractivity contribution in [3.8, 4) is 5.75 Å². The summed E-state index contributed by atoms with van der Waals surface area (Å²) in [7, 11) is 1.30. The van der Waals surface area contributed by atoms with Crippen LogP contribution in [-0.4, -0.2) is 24.2 Å². The van der Waals surface area contributed by atoms with Gasteiger partial charge in [-0.1, -0.05) is 12.1 Å². The maximum atomic E-state index is 11.0. The van der Waals surface area contributed by atoms with Gasteiger partial charge in [-0.25, -0.2) is 0 Å². The summed E-state index contributed by atoms with van der Waals surface area (Å²) in [6.45, 7) is 0. The molecule has 4 nitrogen and oxygen atoms in total. The van der Waals surface area contributed by atoms with Crippen molar-refractivity contribution in [1.82, 2.24) is 0 Å². The fourth-order valence-electron chi connectivity index (χ4n) is 1.12. The molecule has 0 unspecified atom stereocenters. The summed E-state index contributed by atoms with van der Waals surface area (Å²) in [6.07, 6.45) is 0.410. The molecule has 1 aromatic carbocycles. The van der Waals surface area contributed by atoms with Crippen molar-refractivity contribution in [2.45, 2.75) is 12.5 Å². The van der Waals surface area contributed by atoms with Gasteiger partial charge in [-0.2, -0.15) is 0 Å². The molecule has 0 saturated carbocycles. The Morgan fingerprint density at radius 1 is 1.50 bits per heavy atom. The van der Waals surface area contributed by atoms with E-state index in [4.69, 9.17) is 10.8 Å². The van der Waals surface area contributed by atoms with Gasteiger partial charge < -0.3 is 15.6 Å². The lowest BCUT2D eigenvalue weighted by Crippen LogP contribution is -2.33. The Morgan fingerprint density at radius 2 is 2.07 bits per heavy atom. The lowest BCUT2D eigenvalue weighted by atomic mass is 10.1. The Kier molecular flexibility index (Phi) is 3.48. The number of hydrogen-bond acceptors (Lipinski definition) is 4. The molecule has 14 heavy (non-hydrogen) atoms. The molecule has 0 saturated heterocycles. The quantitative estimate of drug-likeness (QED) is 0.686. The number of benzene rings is 1. The second-order valence-electron chi connectivity index (χ2n) is 3.00. The number of carbonyl (C=O) groups is 1. The van der Waals surface area contributed by atoms with E-state index in [2.05, 4.69) is 4.74 Å². The van der Waals surface area contributed by atoms with Crippen molar-refractivity contribution in [2.24, 2.45) is 5.73 Å². The average molecular weight is 195 g/mol. The fourth-order valence-corrected chi connectivity index (χ4v) is 1.12. The normalized spacial score (nSPS) is 12.1. The molecule has 4 heteroatoms. The van der Waals surface area contributed by atoms with E-state index in [0.717, 1.165) is 5.56 Å². The van der Waals surface area contributed by atoms with Gasteiger partial charge in [0.2, 0.25) is 0 Å². The molecule has 1 rings (SSSR count). The number of rotatable bonds is 3. The van der Waals surface area contributed by atoms with Crippen LogP contribution >= 0.6 is 0 Å². The van der Waals surface area contributed by atoms with E-state index in [-0.39, 0.29) is 5.75 Å².